The monoisotopic (exact) mass is 928 g/mol. The van der Waals surface area contributed by atoms with Crippen molar-refractivity contribution in [3.8, 4) is 28.1 Å². The molecule has 5 aromatic rings. The molecule has 4 fully saturated rings. The van der Waals surface area contributed by atoms with E-state index in [0.29, 0.717) is 37.6 Å². The summed E-state index contributed by atoms with van der Waals surface area (Å²) in [5, 5.41) is 14.8. The Labute approximate surface area is 396 Å². The van der Waals surface area contributed by atoms with E-state index in [9.17, 15) is 24.3 Å². The molecule has 68 heavy (non-hydrogen) atoms. The Morgan fingerprint density at radius 3 is 2.47 bits per heavy atom. The largest absolute Gasteiger partial charge is 0.488 e. The van der Waals surface area contributed by atoms with Gasteiger partial charge in [-0.05, 0) is 130 Å². The molecular weight excluding hydrogens is 865 g/mol. The number of nitrogens with zero attached hydrogens (tertiary/aromatic N) is 5. The standard InChI is InChI=1S/C52H64N8O8/c1-8-26(2)46(58(6)52(64)65)50(62)60-40-11-9-10-32(40)22-42(60)47-53-24-39(55-47)31-13-15-35-34(20-31)25-67-43-23-36-30(21-37(35)43)14-16-38-45(36)56-48(54-38)41-17-12-27(3)59(41)49(61)44(57-51(63)66-7)33-18-28(4)68-29(5)19-33/h13-16,20-21,23-24,26-29,32-33,40-42,44,46H,8-12,17-19,22,25H2,1-7H3,(H,53,55)(H,54,56)(H,57,63)(H,64,65)/t26-,27-,28+,29+,32-,40-,41-,42-,44-,46-/m0/s1. The molecule has 5 aliphatic rings. The van der Waals surface area contributed by atoms with Gasteiger partial charge in [0.05, 0.1) is 54.3 Å². The number of nitrogens with one attached hydrogen (secondary N) is 3. The minimum Gasteiger partial charge on any atom is -0.488 e. The first kappa shape index (κ1) is 45.6. The summed E-state index contributed by atoms with van der Waals surface area (Å²) >= 11 is 0. The van der Waals surface area contributed by atoms with Crippen molar-refractivity contribution in [2.45, 2.75) is 147 Å². The highest BCUT2D eigenvalue weighted by molar-refractivity contribution is 6.07. The predicted octanol–water partition coefficient (Wildman–Crippen LogP) is 9.11. The molecule has 2 aromatic heterocycles. The van der Waals surface area contributed by atoms with Crippen molar-refractivity contribution in [3.63, 3.8) is 0 Å². The molecular formula is C52H64N8O8. The highest BCUT2D eigenvalue weighted by Gasteiger charge is 2.50. The fourth-order valence-electron chi connectivity index (χ4n) is 12.5. The van der Waals surface area contributed by atoms with Crippen LogP contribution in [0.25, 0.3) is 44.2 Å². The van der Waals surface area contributed by atoms with Gasteiger partial charge in [-0.25, -0.2) is 19.6 Å². The van der Waals surface area contributed by atoms with E-state index in [1.54, 1.807) is 0 Å². The SMILES string of the molecule is CC[C@H](C)[C@@H](C(=O)N1[C@H](c2ncc(-c3ccc4c(c3)COc3cc5c(ccc6nc([C@@H]7CC[C@H](C)N7C(=O)[C@@H](NC(=O)OC)C7C[C@@H](C)O[C@H](C)C7)[nH]c65)cc3-4)[nH]2)C[C@@H]2CCC[C@@H]21)N(C)C(=O)O. The number of alkyl carbamates (subject to hydrolysis) is 1. The van der Waals surface area contributed by atoms with Gasteiger partial charge in [0, 0.05) is 30.1 Å². The van der Waals surface area contributed by atoms with E-state index >= 15 is 0 Å². The van der Waals surface area contributed by atoms with Gasteiger partial charge in [-0.1, -0.05) is 44.9 Å². The van der Waals surface area contributed by atoms with E-state index in [4.69, 9.17) is 24.2 Å². The van der Waals surface area contributed by atoms with E-state index in [1.165, 1.54) is 19.1 Å². The number of benzene rings is 3. The van der Waals surface area contributed by atoms with Gasteiger partial charge in [0.15, 0.2) is 0 Å². The van der Waals surface area contributed by atoms with Crippen LogP contribution in [0.15, 0.2) is 48.7 Å². The van der Waals surface area contributed by atoms with E-state index in [-0.39, 0.29) is 60.0 Å². The summed E-state index contributed by atoms with van der Waals surface area (Å²) in [6.45, 7) is 10.4. The number of fused-ring (bicyclic) bond motifs is 7. The van der Waals surface area contributed by atoms with Gasteiger partial charge in [-0.2, -0.15) is 0 Å². The number of carboxylic acid groups (broad SMARTS) is 1. The van der Waals surface area contributed by atoms with E-state index in [2.05, 4.69) is 58.6 Å². The topological polar surface area (TPSA) is 195 Å². The lowest BCUT2D eigenvalue weighted by Crippen LogP contribution is -2.55. The summed E-state index contributed by atoms with van der Waals surface area (Å²) < 4.78 is 17.5. The Morgan fingerprint density at radius 2 is 1.72 bits per heavy atom. The van der Waals surface area contributed by atoms with Gasteiger partial charge in [0.1, 0.15) is 36.1 Å². The number of likely N-dealkylation sites (tertiary alicyclic amines) is 2. The molecule has 0 spiro atoms. The molecule has 10 atom stereocenters. The Kier molecular flexibility index (Phi) is 12.1. The van der Waals surface area contributed by atoms with Gasteiger partial charge >= 0.3 is 12.2 Å². The molecule has 4 N–H and O–H groups in total. The van der Waals surface area contributed by atoms with Crippen molar-refractivity contribution in [1.82, 2.24) is 40.0 Å². The number of ether oxygens (including phenoxy) is 3. The molecule has 4 aliphatic heterocycles. The number of rotatable bonds is 10. The molecule has 3 saturated heterocycles. The van der Waals surface area contributed by atoms with Crippen LogP contribution in [0.2, 0.25) is 0 Å². The van der Waals surface area contributed by atoms with Gasteiger partial charge in [-0.15, -0.1) is 0 Å². The summed E-state index contributed by atoms with van der Waals surface area (Å²) in [6.07, 6.45) is 7.38. The van der Waals surface area contributed by atoms with Crippen molar-refractivity contribution in [2.75, 3.05) is 14.2 Å². The summed E-state index contributed by atoms with van der Waals surface area (Å²) in [4.78, 5) is 76.1. The van der Waals surface area contributed by atoms with Crippen LogP contribution < -0.4 is 10.1 Å². The first-order chi connectivity index (χ1) is 32.7. The van der Waals surface area contributed by atoms with Crippen molar-refractivity contribution >= 4 is 45.8 Å². The van der Waals surface area contributed by atoms with Crippen LogP contribution in [-0.2, 0) is 25.7 Å². The predicted molar refractivity (Wildman–Crippen MR) is 256 cm³/mol. The number of aromatic nitrogens is 4. The maximum atomic E-state index is 14.6. The van der Waals surface area contributed by atoms with Crippen LogP contribution in [0.4, 0.5) is 9.59 Å². The lowest BCUT2D eigenvalue weighted by molar-refractivity contribution is -0.141. The third-order valence-electron chi connectivity index (χ3n) is 16.0. The molecule has 0 radical (unpaired) electrons. The Hall–Kier alpha value is -6.16. The molecule has 6 heterocycles. The second kappa shape index (κ2) is 18.1. The molecule has 4 amide bonds. The number of H-pyrrole nitrogens is 2. The fraction of sp³-hybridized carbons (Fsp3) is 0.538. The van der Waals surface area contributed by atoms with Crippen LogP contribution >= 0.6 is 0 Å². The lowest BCUT2D eigenvalue weighted by Gasteiger charge is -2.39. The van der Waals surface area contributed by atoms with Gasteiger partial charge in [0.2, 0.25) is 11.8 Å². The highest BCUT2D eigenvalue weighted by atomic mass is 16.5. The zero-order valence-corrected chi connectivity index (χ0v) is 40.1. The van der Waals surface area contributed by atoms with Crippen LogP contribution in [0.3, 0.4) is 0 Å². The van der Waals surface area contributed by atoms with Gasteiger partial charge < -0.3 is 44.4 Å². The molecule has 360 valence electrons. The average molecular weight is 929 g/mol. The van der Waals surface area contributed by atoms with Crippen LogP contribution in [-0.4, -0.2) is 114 Å². The molecule has 0 unspecified atom stereocenters. The number of carbonyl (C=O) groups excluding carboxylic acids is 3. The second-order valence-electron chi connectivity index (χ2n) is 20.3. The Bertz CT molecular complexity index is 2760. The number of likely N-dealkylation sites (N-methyl/N-ethyl adjacent to an activating group) is 1. The third-order valence-corrected chi connectivity index (χ3v) is 16.0. The van der Waals surface area contributed by atoms with Crippen LogP contribution in [0, 0.1) is 17.8 Å². The smallest absolute Gasteiger partial charge is 0.407 e. The number of aromatic amines is 2. The zero-order chi connectivity index (χ0) is 47.7. The number of amides is 4. The molecule has 16 heteroatoms. The molecule has 1 saturated carbocycles. The Balaban J connectivity index is 0.910. The maximum absolute atomic E-state index is 14.6. The van der Waals surface area contributed by atoms with E-state index in [0.717, 1.165) is 99.9 Å². The average Bonchev–Trinajstić information content (AvgIpc) is 4.18. The molecule has 0 bridgehead atoms. The number of methoxy groups -OCH3 is 1. The summed E-state index contributed by atoms with van der Waals surface area (Å²) in [5.74, 6) is 2.06. The normalized spacial score (nSPS) is 26.7. The lowest BCUT2D eigenvalue weighted by atomic mass is 9.85. The summed E-state index contributed by atoms with van der Waals surface area (Å²) in [7, 11) is 2.82. The number of hydrogen-bond donors (Lipinski definition) is 4. The zero-order valence-electron chi connectivity index (χ0n) is 40.1. The molecule has 10 rings (SSSR count). The maximum Gasteiger partial charge on any atom is 0.407 e. The van der Waals surface area contributed by atoms with Crippen LogP contribution in [0.5, 0.6) is 5.75 Å². The third kappa shape index (κ3) is 8.01. The van der Waals surface area contributed by atoms with Crippen molar-refractivity contribution in [3.05, 3.63) is 65.9 Å². The summed E-state index contributed by atoms with van der Waals surface area (Å²) in [6, 6.07) is 12.6. The van der Waals surface area contributed by atoms with Gasteiger partial charge in [0.25, 0.3) is 0 Å². The molecule has 1 aliphatic carbocycles. The fourth-order valence-corrected chi connectivity index (χ4v) is 12.5. The van der Waals surface area contributed by atoms with Crippen molar-refractivity contribution < 1.29 is 38.5 Å². The van der Waals surface area contributed by atoms with E-state index < -0.39 is 24.3 Å². The second-order valence-corrected chi connectivity index (χ2v) is 20.3. The number of carbonyl (C=O) groups is 4. The number of hydrogen-bond acceptors (Lipinski definition) is 9. The quantitative estimate of drug-likeness (QED) is 0.105. The first-order valence-electron chi connectivity index (χ1n) is 24.6. The van der Waals surface area contributed by atoms with Crippen molar-refractivity contribution in [1.29, 1.82) is 0 Å². The van der Waals surface area contributed by atoms with E-state index in [1.807, 2.05) is 49.8 Å². The van der Waals surface area contributed by atoms with Gasteiger partial charge in [-0.3, -0.25) is 14.5 Å². The minimum atomic E-state index is -1.10. The van der Waals surface area contributed by atoms with Crippen LogP contribution in [0.1, 0.15) is 122 Å². The minimum absolute atomic E-state index is 0.0366. The summed E-state index contributed by atoms with van der Waals surface area (Å²) in [5.41, 5.74) is 6.59. The number of imidazole rings is 2. The highest BCUT2D eigenvalue weighted by Crippen LogP contribution is 2.49. The first-order valence-corrected chi connectivity index (χ1v) is 24.6. The van der Waals surface area contributed by atoms with Crippen molar-refractivity contribution in [2.24, 2.45) is 17.8 Å². The Morgan fingerprint density at radius 1 is 0.926 bits per heavy atom. The molecule has 3 aromatic carbocycles. The molecule has 16 nitrogen and oxygen atoms in total.